The largest absolute Gasteiger partial charge is 0.466 e. The molecule has 6 heteroatoms. The lowest BCUT2D eigenvalue weighted by molar-refractivity contribution is -0.146. The summed E-state index contributed by atoms with van der Waals surface area (Å²) >= 11 is 0. The highest BCUT2D eigenvalue weighted by Crippen LogP contribution is 2.24. The molecule has 1 saturated heterocycles. The molecule has 0 spiro atoms. The number of unbranched alkanes of at least 4 members (excludes halogenated alkanes) is 19. The van der Waals surface area contributed by atoms with Crippen molar-refractivity contribution in [2.24, 2.45) is 11.8 Å². The first-order valence-corrected chi connectivity index (χ1v) is 26.2. The van der Waals surface area contributed by atoms with Crippen molar-refractivity contribution < 1.29 is 23.8 Å². The molecule has 0 saturated carbocycles. The van der Waals surface area contributed by atoms with Gasteiger partial charge in [0.1, 0.15) is 0 Å². The average Bonchev–Trinajstić information content (AvgIpc) is 3.22. The summed E-state index contributed by atoms with van der Waals surface area (Å²) in [4.78, 5) is 27.8. The summed E-state index contributed by atoms with van der Waals surface area (Å²) in [7, 11) is 0. The molecule has 1 rings (SSSR count). The Kier molecular flexibility index (Phi) is 40.3. The molecule has 1 aliphatic heterocycles. The van der Waals surface area contributed by atoms with Gasteiger partial charge in [-0.1, -0.05) is 175 Å². The molecule has 6 nitrogen and oxygen atoms in total. The number of hydrogen-bond acceptors (Lipinski definition) is 6. The fraction of sp³-hybridized carbons (Fsp3) is 0.962. The Hall–Kier alpha value is -1.14. The predicted octanol–water partition coefficient (Wildman–Crippen LogP) is 15.5. The van der Waals surface area contributed by atoms with Gasteiger partial charge in [-0.25, -0.2) is 0 Å². The van der Waals surface area contributed by atoms with Crippen LogP contribution in [0.4, 0.5) is 0 Å². The molecular formula is C52H101NO5. The van der Waals surface area contributed by atoms with E-state index in [1.54, 1.807) is 0 Å². The third-order valence-electron chi connectivity index (χ3n) is 12.8. The summed E-state index contributed by atoms with van der Waals surface area (Å²) in [5, 5.41) is 0. The molecule has 0 bridgehead atoms. The topological polar surface area (TPSA) is 65.1 Å². The molecule has 1 atom stereocenters. The van der Waals surface area contributed by atoms with E-state index in [1.165, 1.54) is 219 Å². The van der Waals surface area contributed by atoms with Gasteiger partial charge in [0.15, 0.2) is 0 Å². The molecule has 0 aromatic rings. The van der Waals surface area contributed by atoms with Crippen LogP contribution in [0.3, 0.4) is 0 Å². The van der Waals surface area contributed by atoms with Crippen LogP contribution in [-0.4, -0.2) is 62.4 Å². The number of nitrogens with zero attached hydrogens (tertiary/aromatic N) is 1. The Morgan fingerprint density at radius 2 is 0.776 bits per heavy atom. The molecule has 0 aliphatic carbocycles. The number of likely N-dealkylation sites (tertiary alicyclic amines) is 1. The van der Waals surface area contributed by atoms with Crippen molar-refractivity contribution in [2.45, 2.75) is 271 Å². The van der Waals surface area contributed by atoms with E-state index in [2.05, 4.69) is 32.6 Å². The molecule has 0 radical (unpaired) electrons. The first kappa shape index (κ1) is 54.9. The maximum Gasteiger partial charge on any atom is 0.306 e. The van der Waals surface area contributed by atoms with Crippen LogP contribution in [0.2, 0.25) is 0 Å². The van der Waals surface area contributed by atoms with E-state index in [0.717, 1.165) is 32.3 Å². The quantitative estimate of drug-likeness (QED) is 0.0451. The van der Waals surface area contributed by atoms with Crippen molar-refractivity contribution in [3.05, 3.63) is 0 Å². The maximum absolute atomic E-state index is 12.6. The zero-order valence-corrected chi connectivity index (χ0v) is 39.6. The monoisotopic (exact) mass is 820 g/mol. The van der Waals surface area contributed by atoms with Crippen LogP contribution in [0.5, 0.6) is 0 Å². The lowest BCUT2D eigenvalue weighted by Gasteiger charge is -2.26. The molecular weight excluding hydrogens is 719 g/mol. The van der Waals surface area contributed by atoms with Gasteiger partial charge in [0, 0.05) is 19.4 Å². The molecule has 1 unspecified atom stereocenters. The van der Waals surface area contributed by atoms with E-state index in [-0.39, 0.29) is 11.9 Å². The van der Waals surface area contributed by atoms with Gasteiger partial charge < -0.3 is 19.1 Å². The standard InChI is InChI=1S/C52H101NO5/c1-5-9-22-34-48(35-23-10-6-2)46-51(54)57-44-31-19-15-13-14-17-26-38-50(56-43-33-30-42-53-40-28-21-29-41-53)39-27-18-16-20-32-45-58-52(55)47-49(36-24-11-7-3)37-25-12-8-4/h48-50H,5-47H2,1-4H3. The molecule has 1 fully saturated rings. The highest BCUT2D eigenvalue weighted by molar-refractivity contribution is 5.70. The van der Waals surface area contributed by atoms with Gasteiger partial charge in [-0.15, -0.1) is 0 Å². The summed E-state index contributed by atoms with van der Waals surface area (Å²) in [5.74, 6) is 1.08. The number of esters is 2. The van der Waals surface area contributed by atoms with Gasteiger partial charge in [-0.3, -0.25) is 9.59 Å². The fourth-order valence-corrected chi connectivity index (χ4v) is 8.93. The Labute approximate surface area is 362 Å². The molecule has 58 heavy (non-hydrogen) atoms. The number of ether oxygens (including phenoxy) is 3. The van der Waals surface area contributed by atoms with Gasteiger partial charge in [-0.2, -0.15) is 0 Å². The molecule has 1 heterocycles. The SMILES string of the molecule is CCCCCC(CCCCC)CC(=O)OCCCCCCCCCC(CCCCCCCOC(=O)CC(CCCCC)CCCCC)OCCCCN1CCCCC1. The normalized spacial score (nSPS) is 14.1. The van der Waals surface area contributed by atoms with E-state index >= 15 is 0 Å². The summed E-state index contributed by atoms with van der Waals surface area (Å²) < 4.78 is 17.9. The van der Waals surface area contributed by atoms with Crippen LogP contribution in [0, 0.1) is 11.8 Å². The smallest absolute Gasteiger partial charge is 0.306 e. The molecule has 0 aromatic heterocycles. The third kappa shape index (κ3) is 35.6. The van der Waals surface area contributed by atoms with Crippen molar-refractivity contribution in [1.82, 2.24) is 4.90 Å². The first-order valence-electron chi connectivity index (χ1n) is 26.2. The second-order valence-corrected chi connectivity index (χ2v) is 18.5. The third-order valence-corrected chi connectivity index (χ3v) is 12.8. The summed E-state index contributed by atoms with van der Waals surface area (Å²) in [6.45, 7) is 14.9. The summed E-state index contributed by atoms with van der Waals surface area (Å²) in [6.07, 6.45) is 44.7. The summed E-state index contributed by atoms with van der Waals surface area (Å²) in [5.41, 5.74) is 0. The van der Waals surface area contributed by atoms with Crippen LogP contribution >= 0.6 is 0 Å². The van der Waals surface area contributed by atoms with E-state index in [4.69, 9.17) is 14.2 Å². The van der Waals surface area contributed by atoms with Crippen molar-refractivity contribution in [3.63, 3.8) is 0 Å². The van der Waals surface area contributed by atoms with E-state index in [9.17, 15) is 9.59 Å². The molecule has 1 aliphatic rings. The number of piperidine rings is 1. The average molecular weight is 820 g/mol. The van der Waals surface area contributed by atoms with Crippen molar-refractivity contribution in [2.75, 3.05) is 39.5 Å². The van der Waals surface area contributed by atoms with Gasteiger partial charge in [0.2, 0.25) is 0 Å². The van der Waals surface area contributed by atoms with Crippen LogP contribution in [0.15, 0.2) is 0 Å². The Morgan fingerprint density at radius 1 is 0.414 bits per heavy atom. The zero-order valence-electron chi connectivity index (χ0n) is 39.6. The second kappa shape index (κ2) is 42.5. The van der Waals surface area contributed by atoms with Crippen molar-refractivity contribution >= 4 is 11.9 Å². The van der Waals surface area contributed by atoms with E-state index < -0.39 is 0 Å². The fourth-order valence-electron chi connectivity index (χ4n) is 8.93. The Balaban J connectivity index is 2.25. The molecule has 0 N–H and O–H groups in total. The Bertz CT molecular complexity index is 856. The lowest BCUT2D eigenvalue weighted by atomic mass is 9.92. The second-order valence-electron chi connectivity index (χ2n) is 18.5. The first-order chi connectivity index (χ1) is 28.5. The molecule has 344 valence electrons. The number of carbonyl (C=O) groups excluding carboxylic acids is 2. The minimum absolute atomic E-state index is 0.0290. The highest BCUT2D eigenvalue weighted by atomic mass is 16.5. The predicted molar refractivity (Wildman–Crippen MR) is 249 cm³/mol. The number of hydrogen-bond donors (Lipinski definition) is 0. The lowest BCUT2D eigenvalue weighted by Crippen LogP contribution is -2.30. The highest BCUT2D eigenvalue weighted by Gasteiger charge is 2.17. The van der Waals surface area contributed by atoms with E-state index in [1.807, 2.05) is 0 Å². The van der Waals surface area contributed by atoms with Crippen LogP contribution in [0.1, 0.15) is 265 Å². The van der Waals surface area contributed by atoms with Crippen LogP contribution in [0.25, 0.3) is 0 Å². The Morgan fingerprint density at radius 3 is 1.19 bits per heavy atom. The van der Waals surface area contributed by atoms with Crippen molar-refractivity contribution in [3.8, 4) is 0 Å². The molecule has 0 amide bonds. The van der Waals surface area contributed by atoms with Crippen molar-refractivity contribution in [1.29, 1.82) is 0 Å². The van der Waals surface area contributed by atoms with Gasteiger partial charge >= 0.3 is 11.9 Å². The van der Waals surface area contributed by atoms with Crippen LogP contribution < -0.4 is 0 Å². The van der Waals surface area contributed by atoms with Gasteiger partial charge in [0.25, 0.3) is 0 Å². The zero-order chi connectivity index (χ0) is 42.0. The summed E-state index contributed by atoms with van der Waals surface area (Å²) in [6, 6.07) is 0. The number of carbonyl (C=O) groups is 2. The van der Waals surface area contributed by atoms with Gasteiger partial charge in [0.05, 0.1) is 19.3 Å². The van der Waals surface area contributed by atoms with Gasteiger partial charge in [-0.05, 0) is 109 Å². The minimum Gasteiger partial charge on any atom is -0.466 e. The van der Waals surface area contributed by atoms with E-state index in [0.29, 0.717) is 44.0 Å². The minimum atomic E-state index is 0.0290. The van der Waals surface area contributed by atoms with Crippen LogP contribution in [-0.2, 0) is 23.8 Å². The number of rotatable bonds is 44. The molecule has 0 aromatic carbocycles. The maximum atomic E-state index is 12.6.